The Morgan fingerprint density at radius 3 is 2.43 bits per heavy atom. The summed E-state index contributed by atoms with van der Waals surface area (Å²) in [6.45, 7) is 1.03. The number of para-hydroxylation sites is 2. The number of fused-ring (bicyclic) bond motifs is 1. The summed E-state index contributed by atoms with van der Waals surface area (Å²) in [5.74, 6) is -1.32. The van der Waals surface area contributed by atoms with Crippen LogP contribution < -0.4 is 20.9 Å². The van der Waals surface area contributed by atoms with Crippen LogP contribution in [0.25, 0.3) is 11.1 Å². The van der Waals surface area contributed by atoms with E-state index >= 15 is 0 Å². The molecule has 49 heavy (non-hydrogen) atoms. The number of Topliss-reactive ketones (excluding diaryl/α,β-unsaturated/α-hetero) is 1. The average molecular weight is 697 g/mol. The van der Waals surface area contributed by atoms with Crippen molar-refractivity contribution in [1.82, 2.24) is 19.9 Å². The molecule has 266 valence electrons. The van der Waals surface area contributed by atoms with Crippen molar-refractivity contribution in [3.05, 3.63) is 66.1 Å². The molecule has 1 saturated heterocycles. The lowest BCUT2D eigenvalue weighted by Crippen LogP contribution is -2.56. The highest BCUT2D eigenvalue weighted by Gasteiger charge is 2.44. The van der Waals surface area contributed by atoms with Gasteiger partial charge in [0, 0.05) is 19.6 Å². The Morgan fingerprint density at radius 1 is 0.980 bits per heavy atom. The van der Waals surface area contributed by atoms with Crippen molar-refractivity contribution < 1.29 is 32.0 Å². The minimum Gasteiger partial charge on any atom is -0.434 e. The summed E-state index contributed by atoms with van der Waals surface area (Å²) in [5.41, 5.74) is 7.61. The second-order valence-electron chi connectivity index (χ2n) is 13.1. The molecule has 2 aliphatic rings. The Kier molecular flexibility index (Phi) is 12.9. The smallest absolute Gasteiger partial charge is 0.275 e. The number of nitrogens with one attached hydrogen (secondary N) is 2. The summed E-state index contributed by atoms with van der Waals surface area (Å²) in [6, 6.07) is 13.2. The molecule has 1 aliphatic carbocycles. The first-order valence-electron chi connectivity index (χ1n) is 17.3. The predicted molar refractivity (Wildman–Crippen MR) is 184 cm³/mol. The number of unbranched alkanes of at least 4 members (excludes halogenated alkanes) is 1. The standard InChI is InChI=1S/C35H48N6O7S/c36-20-10-9-16-28(32(42)34-39-27-15-7-8-17-31(27)48-34)38-33(43)30-21-26(47-23-25-13-5-2-6-14-25)22-41(30)35(44)29(40-49(37,45)46)19-18-24-11-3-1-4-12-24/h1,3-4,7-8,11-12,15,17,25-26,28-30,40H,2,5-6,9-10,13-14,16,18-23,36H2,(H,38,43)(H2,37,45,46)/t26-,28+,29-,30+/m1/s1. The lowest BCUT2D eigenvalue weighted by Gasteiger charge is -2.29. The van der Waals surface area contributed by atoms with Gasteiger partial charge in [0.05, 0.1) is 12.1 Å². The Balaban J connectivity index is 1.37. The van der Waals surface area contributed by atoms with Crippen molar-refractivity contribution in [2.24, 2.45) is 16.8 Å². The minimum absolute atomic E-state index is 0.0920. The fourth-order valence-corrected chi connectivity index (χ4v) is 7.39. The van der Waals surface area contributed by atoms with Crippen LogP contribution in [0.5, 0.6) is 0 Å². The molecule has 13 nitrogen and oxygen atoms in total. The van der Waals surface area contributed by atoms with E-state index < -0.39 is 52.0 Å². The van der Waals surface area contributed by atoms with E-state index in [2.05, 4.69) is 15.0 Å². The number of carbonyl (C=O) groups is 3. The van der Waals surface area contributed by atoms with E-state index in [0.29, 0.717) is 49.4 Å². The van der Waals surface area contributed by atoms with Crippen molar-refractivity contribution in [1.29, 1.82) is 0 Å². The average Bonchev–Trinajstić information content (AvgIpc) is 3.74. The van der Waals surface area contributed by atoms with Crippen LogP contribution in [-0.4, -0.2) is 79.8 Å². The van der Waals surface area contributed by atoms with Crippen molar-refractivity contribution in [3.8, 4) is 0 Å². The van der Waals surface area contributed by atoms with Gasteiger partial charge in [-0.3, -0.25) is 14.4 Å². The molecule has 3 aromatic rings. The Bertz CT molecular complexity index is 1630. The first kappa shape index (κ1) is 36.6. The number of ether oxygens (including phenoxy) is 1. The molecule has 1 aromatic heterocycles. The molecule has 2 heterocycles. The molecule has 1 aliphatic heterocycles. The van der Waals surface area contributed by atoms with Crippen molar-refractivity contribution >= 4 is 38.9 Å². The third-order valence-electron chi connectivity index (χ3n) is 9.39. The molecule has 4 atom stereocenters. The number of carbonyl (C=O) groups excluding carboxylic acids is 3. The van der Waals surface area contributed by atoms with Crippen LogP contribution in [0.1, 0.15) is 80.5 Å². The molecule has 0 bridgehead atoms. The lowest BCUT2D eigenvalue weighted by molar-refractivity contribution is -0.140. The van der Waals surface area contributed by atoms with Crippen LogP contribution in [0.2, 0.25) is 0 Å². The molecule has 2 aromatic carbocycles. The highest BCUT2D eigenvalue weighted by Crippen LogP contribution is 2.28. The monoisotopic (exact) mass is 696 g/mol. The van der Waals surface area contributed by atoms with E-state index in [4.69, 9.17) is 20.0 Å². The van der Waals surface area contributed by atoms with Crippen LogP contribution in [-0.2, 0) is 31.0 Å². The van der Waals surface area contributed by atoms with Crippen LogP contribution in [0.3, 0.4) is 0 Å². The molecule has 1 saturated carbocycles. The van der Waals surface area contributed by atoms with E-state index in [1.807, 2.05) is 30.3 Å². The number of aromatic nitrogens is 1. The van der Waals surface area contributed by atoms with Gasteiger partial charge < -0.3 is 25.1 Å². The van der Waals surface area contributed by atoms with Gasteiger partial charge in [0.2, 0.25) is 17.6 Å². The predicted octanol–water partition coefficient (Wildman–Crippen LogP) is 2.99. The van der Waals surface area contributed by atoms with Crippen molar-refractivity contribution in [3.63, 3.8) is 0 Å². The van der Waals surface area contributed by atoms with Crippen LogP contribution in [0, 0.1) is 5.92 Å². The van der Waals surface area contributed by atoms with Crippen molar-refractivity contribution in [2.45, 2.75) is 94.9 Å². The van der Waals surface area contributed by atoms with Gasteiger partial charge in [0.1, 0.15) is 17.6 Å². The second-order valence-corrected chi connectivity index (χ2v) is 14.5. The van der Waals surface area contributed by atoms with Gasteiger partial charge in [-0.2, -0.15) is 13.1 Å². The van der Waals surface area contributed by atoms with E-state index in [1.165, 1.54) is 11.3 Å². The van der Waals surface area contributed by atoms with Crippen LogP contribution in [0.15, 0.2) is 59.0 Å². The third-order valence-corrected chi connectivity index (χ3v) is 10.0. The summed E-state index contributed by atoms with van der Waals surface area (Å²) in [4.78, 5) is 47.7. The number of hydrogen-bond acceptors (Lipinski definition) is 9. The summed E-state index contributed by atoms with van der Waals surface area (Å²) in [5, 5.41) is 8.23. The van der Waals surface area contributed by atoms with E-state index in [-0.39, 0.29) is 31.7 Å². The normalized spacial score (nSPS) is 19.9. The molecule has 14 heteroatoms. The fraction of sp³-hybridized carbons (Fsp3) is 0.543. The first-order valence-corrected chi connectivity index (χ1v) is 18.8. The molecule has 5 rings (SSSR count). The maximum atomic E-state index is 14.2. The second kappa shape index (κ2) is 17.3. The molecular weight excluding hydrogens is 648 g/mol. The first-order chi connectivity index (χ1) is 23.6. The van der Waals surface area contributed by atoms with E-state index in [1.54, 1.807) is 24.3 Å². The SMILES string of the molecule is NCCCC[C@H](NC(=O)[C@@H]1C[C@@H](OCC2CCCCC2)CN1C(=O)[C@@H](CCc1ccccc1)NS(N)(=O)=O)C(=O)c1nc2ccccc2o1. The highest BCUT2D eigenvalue weighted by molar-refractivity contribution is 7.87. The van der Waals surface area contributed by atoms with Gasteiger partial charge in [-0.1, -0.05) is 61.7 Å². The number of hydrogen-bond donors (Lipinski definition) is 4. The zero-order valence-corrected chi connectivity index (χ0v) is 28.6. The number of rotatable bonds is 17. The number of oxazole rings is 1. The lowest BCUT2D eigenvalue weighted by atomic mass is 9.90. The summed E-state index contributed by atoms with van der Waals surface area (Å²) in [7, 11) is -4.26. The highest BCUT2D eigenvalue weighted by atomic mass is 32.2. The quantitative estimate of drug-likeness (QED) is 0.121. The van der Waals surface area contributed by atoms with Gasteiger partial charge in [-0.05, 0) is 75.1 Å². The number of benzene rings is 2. The zero-order valence-electron chi connectivity index (χ0n) is 27.8. The van der Waals surface area contributed by atoms with E-state index in [9.17, 15) is 22.8 Å². The van der Waals surface area contributed by atoms with Gasteiger partial charge in [0.15, 0.2) is 5.58 Å². The van der Waals surface area contributed by atoms with Gasteiger partial charge in [-0.25, -0.2) is 10.1 Å². The number of nitrogens with two attached hydrogens (primary N) is 2. The van der Waals surface area contributed by atoms with E-state index in [0.717, 1.165) is 31.2 Å². The maximum Gasteiger partial charge on any atom is 0.275 e. The zero-order chi connectivity index (χ0) is 34.8. The Morgan fingerprint density at radius 2 is 1.71 bits per heavy atom. The number of nitrogens with zero attached hydrogens (tertiary/aromatic N) is 2. The van der Waals surface area contributed by atoms with Crippen LogP contribution >= 0.6 is 0 Å². The third kappa shape index (κ3) is 10.4. The summed E-state index contributed by atoms with van der Waals surface area (Å²) >= 11 is 0. The number of ketones is 1. The molecular formula is C35H48N6O7S. The minimum atomic E-state index is -4.26. The Hall–Kier alpha value is -3.69. The maximum absolute atomic E-state index is 14.2. The molecule has 6 N–H and O–H groups in total. The van der Waals surface area contributed by atoms with Gasteiger partial charge in [-0.15, -0.1) is 0 Å². The van der Waals surface area contributed by atoms with Gasteiger partial charge in [0.25, 0.3) is 16.1 Å². The van der Waals surface area contributed by atoms with Crippen LogP contribution in [0.4, 0.5) is 0 Å². The molecule has 0 spiro atoms. The Labute approximate surface area is 287 Å². The molecule has 0 unspecified atom stereocenters. The number of amides is 2. The largest absolute Gasteiger partial charge is 0.434 e. The number of aryl methyl sites for hydroxylation is 1. The number of likely N-dealkylation sites (tertiary alicyclic amines) is 1. The van der Waals surface area contributed by atoms with Crippen molar-refractivity contribution in [2.75, 3.05) is 19.7 Å². The molecule has 2 amide bonds. The topological polar surface area (TPSA) is 200 Å². The fourth-order valence-electron chi connectivity index (χ4n) is 6.78. The molecule has 0 radical (unpaired) electrons. The summed E-state index contributed by atoms with van der Waals surface area (Å²) < 4.78 is 38.7. The summed E-state index contributed by atoms with van der Waals surface area (Å²) in [6.07, 6.45) is 7.40. The van der Waals surface area contributed by atoms with Gasteiger partial charge >= 0.3 is 0 Å². The molecule has 2 fully saturated rings.